The molecule has 2 aromatic rings. The maximum atomic E-state index is 11.7. The van der Waals surface area contributed by atoms with Gasteiger partial charge in [0.1, 0.15) is 0 Å². The summed E-state index contributed by atoms with van der Waals surface area (Å²) in [6, 6.07) is 16.2. The lowest BCUT2D eigenvalue weighted by atomic mass is 10.2. The second-order valence-corrected chi connectivity index (χ2v) is 5.20. The predicted octanol–water partition coefficient (Wildman–Crippen LogP) is 3.21. The highest BCUT2D eigenvalue weighted by Crippen LogP contribution is 2.08. The van der Waals surface area contributed by atoms with Crippen molar-refractivity contribution in [1.82, 2.24) is 5.43 Å². The van der Waals surface area contributed by atoms with Crippen molar-refractivity contribution in [3.63, 3.8) is 0 Å². The van der Waals surface area contributed by atoms with Crippen molar-refractivity contribution in [3.8, 4) is 0 Å². The Morgan fingerprint density at radius 2 is 1.74 bits per heavy atom. The van der Waals surface area contributed by atoms with Crippen molar-refractivity contribution in [1.29, 1.82) is 0 Å². The standard InChI is InChI=1S/C17H16ClN3O2/c18-14-6-4-5-13(11-14)12-19-21-17(23)10-9-16(22)20-15-7-2-1-3-8-15/h1-8,11-12H,9-10H2,(H,20,22)(H,21,23). The van der Waals surface area contributed by atoms with Crippen LogP contribution in [0.3, 0.4) is 0 Å². The molecule has 0 aromatic heterocycles. The van der Waals surface area contributed by atoms with Gasteiger partial charge in [0.05, 0.1) is 6.21 Å². The number of nitrogens with one attached hydrogen (secondary N) is 2. The highest BCUT2D eigenvalue weighted by Gasteiger charge is 2.06. The van der Waals surface area contributed by atoms with Crippen LogP contribution in [0.1, 0.15) is 18.4 Å². The van der Waals surface area contributed by atoms with Crippen LogP contribution in [0.5, 0.6) is 0 Å². The molecule has 2 N–H and O–H groups in total. The number of halogens is 1. The molecule has 0 atom stereocenters. The van der Waals surface area contributed by atoms with Gasteiger partial charge in [-0.15, -0.1) is 0 Å². The molecule has 0 spiro atoms. The molecular formula is C17H16ClN3O2. The summed E-state index contributed by atoms with van der Waals surface area (Å²) in [5.41, 5.74) is 3.86. The van der Waals surface area contributed by atoms with E-state index in [2.05, 4.69) is 15.8 Å². The first-order chi connectivity index (χ1) is 11.1. The third kappa shape index (κ3) is 6.32. The highest BCUT2D eigenvalue weighted by molar-refractivity contribution is 6.30. The van der Waals surface area contributed by atoms with Crippen LogP contribution in [-0.4, -0.2) is 18.0 Å². The van der Waals surface area contributed by atoms with Gasteiger partial charge in [-0.2, -0.15) is 5.10 Å². The van der Waals surface area contributed by atoms with Crippen molar-refractivity contribution in [2.24, 2.45) is 5.10 Å². The molecule has 0 saturated heterocycles. The van der Waals surface area contributed by atoms with E-state index in [-0.39, 0.29) is 24.7 Å². The normalized spacial score (nSPS) is 10.5. The van der Waals surface area contributed by atoms with E-state index in [4.69, 9.17) is 11.6 Å². The lowest BCUT2D eigenvalue weighted by Crippen LogP contribution is -2.20. The van der Waals surface area contributed by atoms with E-state index < -0.39 is 0 Å². The summed E-state index contributed by atoms with van der Waals surface area (Å²) in [6.45, 7) is 0. The predicted molar refractivity (Wildman–Crippen MR) is 91.5 cm³/mol. The SMILES string of the molecule is O=C(CCC(=O)Nc1ccccc1)NN=Cc1cccc(Cl)c1. The number of para-hydroxylation sites is 1. The number of hydrogen-bond acceptors (Lipinski definition) is 3. The monoisotopic (exact) mass is 329 g/mol. The summed E-state index contributed by atoms with van der Waals surface area (Å²) < 4.78 is 0. The molecule has 118 valence electrons. The first-order valence-corrected chi connectivity index (χ1v) is 7.43. The summed E-state index contributed by atoms with van der Waals surface area (Å²) in [5, 5.41) is 7.14. The van der Waals surface area contributed by atoms with Gasteiger partial charge in [0.25, 0.3) is 0 Å². The van der Waals surface area contributed by atoms with Crippen LogP contribution < -0.4 is 10.7 Å². The zero-order chi connectivity index (χ0) is 16.5. The van der Waals surface area contributed by atoms with Crippen LogP contribution in [0.4, 0.5) is 5.69 Å². The Balaban J connectivity index is 1.71. The molecular weight excluding hydrogens is 314 g/mol. The average Bonchev–Trinajstić information content (AvgIpc) is 2.54. The van der Waals surface area contributed by atoms with Gasteiger partial charge in [-0.3, -0.25) is 9.59 Å². The van der Waals surface area contributed by atoms with Gasteiger partial charge < -0.3 is 5.32 Å². The molecule has 6 heteroatoms. The summed E-state index contributed by atoms with van der Waals surface area (Å²) in [4.78, 5) is 23.3. The van der Waals surface area contributed by atoms with Crippen molar-refractivity contribution < 1.29 is 9.59 Å². The Bertz CT molecular complexity index is 702. The van der Waals surface area contributed by atoms with Gasteiger partial charge in [0.15, 0.2) is 0 Å². The number of benzene rings is 2. The number of anilines is 1. The Labute approximate surface area is 139 Å². The number of carbonyl (C=O) groups is 2. The molecule has 0 bridgehead atoms. The lowest BCUT2D eigenvalue weighted by Gasteiger charge is -2.04. The van der Waals surface area contributed by atoms with Crippen LogP contribution in [-0.2, 0) is 9.59 Å². The first kappa shape index (κ1) is 16.7. The maximum Gasteiger partial charge on any atom is 0.240 e. The summed E-state index contributed by atoms with van der Waals surface area (Å²) in [6.07, 6.45) is 1.65. The van der Waals surface area contributed by atoms with Crippen molar-refractivity contribution >= 4 is 35.3 Å². The van der Waals surface area contributed by atoms with Crippen LogP contribution in [0.15, 0.2) is 59.7 Å². The number of carbonyl (C=O) groups excluding carboxylic acids is 2. The fourth-order valence-electron chi connectivity index (χ4n) is 1.79. The second-order valence-electron chi connectivity index (χ2n) is 4.76. The molecule has 0 aliphatic heterocycles. The number of nitrogens with zero attached hydrogens (tertiary/aromatic N) is 1. The number of hydrogen-bond donors (Lipinski definition) is 2. The van der Waals surface area contributed by atoms with Crippen LogP contribution in [0.25, 0.3) is 0 Å². The molecule has 2 aromatic carbocycles. The Kier molecular flexibility index (Phi) is 6.32. The quantitative estimate of drug-likeness (QED) is 0.631. The van der Waals surface area contributed by atoms with Gasteiger partial charge in [0.2, 0.25) is 11.8 Å². The minimum Gasteiger partial charge on any atom is -0.326 e. The van der Waals surface area contributed by atoms with Crippen LogP contribution >= 0.6 is 11.6 Å². The lowest BCUT2D eigenvalue weighted by molar-refractivity contribution is -0.124. The molecule has 2 rings (SSSR count). The first-order valence-electron chi connectivity index (χ1n) is 7.06. The minimum absolute atomic E-state index is 0.0611. The summed E-state index contributed by atoms with van der Waals surface area (Å²) in [5.74, 6) is -0.545. The molecule has 0 aliphatic carbocycles. The third-order valence-electron chi connectivity index (χ3n) is 2.89. The van der Waals surface area contributed by atoms with Crippen LogP contribution in [0.2, 0.25) is 5.02 Å². The van der Waals surface area contributed by atoms with Crippen LogP contribution in [0, 0.1) is 0 Å². The zero-order valence-electron chi connectivity index (χ0n) is 12.3. The molecule has 0 saturated carbocycles. The number of hydrazone groups is 1. The fourth-order valence-corrected chi connectivity index (χ4v) is 1.99. The molecule has 0 heterocycles. The van der Waals surface area contributed by atoms with Gasteiger partial charge >= 0.3 is 0 Å². The Morgan fingerprint density at radius 3 is 2.48 bits per heavy atom. The molecule has 0 unspecified atom stereocenters. The number of amides is 2. The minimum atomic E-state index is -0.327. The van der Waals surface area contributed by atoms with E-state index >= 15 is 0 Å². The summed E-state index contributed by atoms with van der Waals surface area (Å²) in [7, 11) is 0. The molecule has 0 aliphatic rings. The fraction of sp³-hybridized carbons (Fsp3) is 0.118. The Morgan fingerprint density at radius 1 is 1.00 bits per heavy atom. The van der Waals surface area contributed by atoms with E-state index in [9.17, 15) is 9.59 Å². The van der Waals surface area contributed by atoms with Crippen molar-refractivity contribution in [2.45, 2.75) is 12.8 Å². The second kappa shape index (κ2) is 8.70. The van der Waals surface area contributed by atoms with E-state index in [1.807, 2.05) is 24.3 Å². The molecule has 2 amide bonds. The average molecular weight is 330 g/mol. The van der Waals surface area contributed by atoms with E-state index in [1.54, 1.807) is 30.3 Å². The van der Waals surface area contributed by atoms with Gasteiger partial charge in [-0.05, 0) is 29.8 Å². The largest absolute Gasteiger partial charge is 0.326 e. The van der Waals surface area contributed by atoms with E-state index in [0.717, 1.165) is 5.56 Å². The molecule has 23 heavy (non-hydrogen) atoms. The smallest absolute Gasteiger partial charge is 0.240 e. The maximum absolute atomic E-state index is 11.7. The van der Waals surface area contributed by atoms with E-state index in [0.29, 0.717) is 10.7 Å². The van der Waals surface area contributed by atoms with Gasteiger partial charge in [0, 0.05) is 23.6 Å². The van der Waals surface area contributed by atoms with Gasteiger partial charge in [-0.1, -0.05) is 41.9 Å². The molecule has 0 fully saturated rings. The van der Waals surface area contributed by atoms with Crippen molar-refractivity contribution in [3.05, 3.63) is 65.2 Å². The van der Waals surface area contributed by atoms with Crippen molar-refractivity contribution in [2.75, 3.05) is 5.32 Å². The number of rotatable bonds is 6. The van der Waals surface area contributed by atoms with E-state index in [1.165, 1.54) is 6.21 Å². The topological polar surface area (TPSA) is 70.6 Å². The zero-order valence-corrected chi connectivity index (χ0v) is 13.1. The third-order valence-corrected chi connectivity index (χ3v) is 3.12. The summed E-state index contributed by atoms with van der Waals surface area (Å²) >= 11 is 5.84. The van der Waals surface area contributed by atoms with Gasteiger partial charge in [-0.25, -0.2) is 5.43 Å². The Hall–Kier alpha value is -2.66. The molecule has 5 nitrogen and oxygen atoms in total. The highest BCUT2D eigenvalue weighted by atomic mass is 35.5. The molecule has 0 radical (unpaired) electrons.